The molecule has 1 N–H and O–H groups in total. The van der Waals surface area contributed by atoms with Gasteiger partial charge in [0.05, 0.1) is 12.8 Å². The molecule has 3 aliphatic rings. The second-order valence-electron chi connectivity index (χ2n) is 13.3. The third-order valence-electron chi connectivity index (χ3n) is 8.52. The fourth-order valence-corrected chi connectivity index (χ4v) is 6.53. The lowest BCUT2D eigenvalue weighted by molar-refractivity contribution is -0.159. The van der Waals surface area contributed by atoms with Crippen LogP contribution in [0.15, 0.2) is 24.3 Å². The van der Waals surface area contributed by atoms with E-state index in [1.165, 1.54) is 13.2 Å². The highest BCUT2D eigenvalue weighted by Crippen LogP contribution is 2.43. The van der Waals surface area contributed by atoms with Crippen LogP contribution in [0, 0.1) is 17.7 Å². The maximum atomic E-state index is 15.2. The van der Waals surface area contributed by atoms with Crippen LogP contribution < -0.4 is 10.1 Å². The first-order valence-corrected chi connectivity index (χ1v) is 14.5. The van der Waals surface area contributed by atoms with E-state index >= 15 is 4.39 Å². The van der Waals surface area contributed by atoms with E-state index in [9.17, 15) is 14.4 Å². The van der Waals surface area contributed by atoms with Gasteiger partial charge >= 0.3 is 5.97 Å². The number of halogens is 1. The van der Waals surface area contributed by atoms with Gasteiger partial charge in [0.15, 0.2) is 0 Å². The van der Waals surface area contributed by atoms with Crippen LogP contribution in [0.3, 0.4) is 0 Å². The second kappa shape index (κ2) is 10.7. The van der Waals surface area contributed by atoms with Crippen molar-refractivity contribution in [2.75, 3.05) is 19.0 Å². The normalized spacial score (nSPS) is 22.7. The van der Waals surface area contributed by atoms with Gasteiger partial charge in [0.1, 0.15) is 17.5 Å². The highest BCUT2D eigenvalue weighted by molar-refractivity contribution is 5.99. The van der Waals surface area contributed by atoms with Crippen molar-refractivity contribution < 1.29 is 28.2 Å². The first kappa shape index (κ1) is 29.0. The fourth-order valence-electron chi connectivity index (χ4n) is 6.53. The molecule has 2 aromatic rings. The number of ether oxygens (including phenoxy) is 2. The smallest absolute Gasteiger partial charge is 0.306 e. The number of fused-ring (bicyclic) bond motifs is 2. The van der Waals surface area contributed by atoms with Gasteiger partial charge in [0.25, 0.3) is 5.91 Å². The molecule has 2 aliphatic carbocycles. The van der Waals surface area contributed by atoms with E-state index in [2.05, 4.69) is 10.3 Å². The molecule has 220 valence electrons. The Hall–Kier alpha value is -3.49. The Bertz CT molecular complexity index is 1380. The molecule has 41 heavy (non-hydrogen) atoms. The fraction of sp³-hybridized carbons (Fsp3) is 0.562. The maximum Gasteiger partial charge on any atom is 0.306 e. The Morgan fingerprint density at radius 1 is 1.15 bits per heavy atom. The van der Waals surface area contributed by atoms with Crippen molar-refractivity contribution in [3.63, 3.8) is 0 Å². The Morgan fingerprint density at radius 2 is 1.88 bits per heavy atom. The topological polar surface area (TPSA) is 97.8 Å². The Balaban J connectivity index is 1.35. The molecule has 1 aliphatic heterocycles. The summed E-state index contributed by atoms with van der Waals surface area (Å²) in [7, 11) is 1.53. The number of benzene rings is 1. The van der Waals surface area contributed by atoms with Crippen LogP contribution in [0.25, 0.3) is 0 Å². The van der Waals surface area contributed by atoms with Crippen LogP contribution in [0.2, 0.25) is 0 Å². The van der Waals surface area contributed by atoms with Crippen molar-refractivity contribution >= 4 is 23.5 Å². The summed E-state index contributed by atoms with van der Waals surface area (Å²) in [5, 5.41) is 2.90. The highest BCUT2D eigenvalue weighted by Gasteiger charge is 2.44. The summed E-state index contributed by atoms with van der Waals surface area (Å²) < 4.78 is 25.9. The zero-order valence-electron chi connectivity index (χ0n) is 24.8. The summed E-state index contributed by atoms with van der Waals surface area (Å²) >= 11 is 0. The summed E-state index contributed by atoms with van der Waals surface area (Å²) in [4.78, 5) is 46.0. The molecule has 1 aromatic heterocycles. The zero-order chi connectivity index (χ0) is 29.7. The minimum Gasteiger partial charge on any atom is -0.481 e. The third kappa shape index (κ3) is 5.95. The molecule has 1 unspecified atom stereocenters. The molecule has 8 nitrogen and oxygen atoms in total. The van der Waals surface area contributed by atoms with Gasteiger partial charge in [-0.2, -0.15) is 0 Å². The van der Waals surface area contributed by atoms with Gasteiger partial charge in [-0.15, -0.1) is 0 Å². The number of amides is 2. The maximum absolute atomic E-state index is 15.2. The Labute approximate surface area is 241 Å². The number of pyridine rings is 1. The lowest BCUT2D eigenvalue weighted by Gasteiger charge is -2.42. The van der Waals surface area contributed by atoms with Gasteiger partial charge in [-0.1, -0.05) is 13.8 Å². The number of hydrogen-bond acceptors (Lipinski definition) is 6. The van der Waals surface area contributed by atoms with Gasteiger partial charge in [-0.3, -0.25) is 14.4 Å². The number of nitrogens with one attached hydrogen (secondary N) is 1. The number of carbonyl (C=O) groups is 3. The molecule has 1 saturated carbocycles. The minimum absolute atomic E-state index is 0.0766. The molecule has 0 spiro atoms. The molecule has 0 saturated heterocycles. The predicted molar refractivity (Wildman–Crippen MR) is 152 cm³/mol. The second-order valence-corrected chi connectivity index (χ2v) is 13.3. The van der Waals surface area contributed by atoms with Crippen molar-refractivity contribution in [1.82, 2.24) is 9.88 Å². The molecule has 2 heterocycles. The van der Waals surface area contributed by atoms with Crippen LogP contribution in [-0.2, 0) is 37.4 Å². The van der Waals surface area contributed by atoms with E-state index in [1.807, 2.05) is 40.7 Å². The first-order chi connectivity index (χ1) is 19.3. The predicted octanol–water partition coefficient (Wildman–Crippen LogP) is 5.28. The van der Waals surface area contributed by atoms with Crippen molar-refractivity contribution in [1.29, 1.82) is 0 Å². The monoisotopic (exact) mass is 565 g/mol. The van der Waals surface area contributed by atoms with E-state index in [1.54, 1.807) is 17.0 Å². The summed E-state index contributed by atoms with van der Waals surface area (Å²) in [6.07, 6.45) is 3.50. The highest BCUT2D eigenvalue weighted by atomic mass is 19.1. The number of carbonyl (C=O) groups excluding carboxylic acids is 3. The van der Waals surface area contributed by atoms with E-state index in [4.69, 9.17) is 9.47 Å². The van der Waals surface area contributed by atoms with E-state index in [0.717, 1.165) is 18.4 Å². The van der Waals surface area contributed by atoms with Gasteiger partial charge in [0, 0.05) is 42.6 Å². The number of aryl methyl sites for hydroxylation is 1. The molecule has 5 rings (SSSR count). The van der Waals surface area contributed by atoms with Gasteiger partial charge < -0.3 is 19.7 Å². The van der Waals surface area contributed by atoms with Crippen molar-refractivity contribution in [3.05, 3.63) is 52.5 Å². The average Bonchev–Trinajstić information content (AvgIpc) is 3.17. The van der Waals surface area contributed by atoms with Crippen molar-refractivity contribution in [3.8, 4) is 5.88 Å². The quantitative estimate of drug-likeness (QED) is 0.479. The van der Waals surface area contributed by atoms with Crippen molar-refractivity contribution in [2.24, 2.45) is 11.8 Å². The number of hydrogen-bond donors (Lipinski definition) is 1. The standard InChI is InChI=1S/C32H40FN3O5/c1-31(2,3)41-26(37)15-18-13-20(14-18)30(39)36-12-10-24-22(7-8-25(35-24)40-6)28(36)29(38)34-21-16-19-9-11-32(4,5)27(19)23(33)17-21/h7-8,16-18,20,28H,9-15H2,1-6H3,(H,34,38). The van der Waals surface area contributed by atoms with Crippen LogP contribution in [0.1, 0.15) is 88.7 Å². The molecular formula is C32H40FN3O5. The molecule has 9 heteroatoms. The lowest BCUT2D eigenvalue weighted by atomic mass is 9.72. The van der Waals surface area contributed by atoms with Gasteiger partial charge in [-0.05, 0) is 87.1 Å². The molecule has 1 atom stereocenters. The minimum atomic E-state index is -0.915. The number of esters is 1. The van der Waals surface area contributed by atoms with E-state index < -0.39 is 17.6 Å². The number of methoxy groups -OCH3 is 1. The zero-order valence-corrected chi connectivity index (χ0v) is 24.8. The summed E-state index contributed by atoms with van der Waals surface area (Å²) in [5.74, 6) is -0.869. The van der Waals surface area contributed by atoms with Crippen LogP contribution in [0.5, 0.6) is 5.88 Å². The Morgan fingerprint density at radius 3 is 2.56 bits per heavy atom. The molecular weight excluding hydrogens is 525 g/mol. The van der Waals surface area contributed by atoms with E-state index in [0.29, 0.717) is 54.2 Å². The SMILES string of the molecule is COc1ccc2c(n1)CCN(C(=O)C1CC(CC(=O)OC(C)(C)C)C1)C2C(=O)Nc1cc(F)c2c(c1)CCC2(C)C. The molecule has 0 radical (unpaired) electrons. The number of nitrogens with zero attached hydrogens (tertiary/aromatic N) is 2. The van der Waals surface area contributed by atoms with Gasteiger partial charge in [0.2, 0.25) is 11.8 Å². The molecule has 2 amide bonds. The number of rotatable bonds is 6. The van der Waals surface area contributed by atoms with Gasteiger partial charge in [-0.25, -0.2) is 9.37 Å². The average molecular weight is 566 g/mol. The largest absolute Gasteiger partial charge is 0.481 e. The third-order valence-corrected chi connectivity index (χ3v) is 8.52. The molecule has 0 bridgehead atoms. The molecule has 1 fully saturated rings. The molecule has 1 aromatic carbocycles. The van der Waals surface area contributed by atoms with Crippen molar-refractivity contribution in [2.45, 2.75) is 90.2 Å². The Kier molecular flexibility index (Phi) is 7.59. The van der Waals surface area contributed by atoms with Crippen LogP contribution in [0.4, 0.5) is 10.1 Å². The van der Waals surface area contributed by atoms with E-state index in [-0.39, 0.29) is 41.4 Å². The van der Waals surface area contributed by atoms with Crippen LogP contribution >= 0.6 is 0 Å². The summed E-state index contributed by atoms with van der Waals surface area (Å²) in [6, 6.07) is 5.77. The first-order valence-electron chi connectivity index (χ1n) is 14.5. The van der Waals surface area contributed by atoms with Crippen LogP contribution in [-0.4, -0.2) is 46.9 Å². The number of aromatic nitrogens is 1. The summed E-state index contributed by atoms with van der Waals surface area (Å²) in [5.41, 5.74) is 2.53. The lowest BCUT2D eigenvalue weighted by Crippen LogP contribution is -2.50. The number of anilines is 1. The summed E-state index contributed by atoms with van der Waals surface area (Å²) in [6.45, 7) is 9.88.